The van der Waals surface area contributed by atoms with Crippen LogP contribution < -0.4 is 16.1 Å². The van der Waals surface area contributed by atoms with Gasteiger partial charge in [-0.3, -0.25) is 19.2 Å². The Morgan fingerprint density at radius 1 is 0.979 bits per heavy atom. The first-order chi connectivity index (χ1) is 22.5. The summed E-state index contributed by atoms with van der Waals surface area (Å²) in [6, 6.07) is 20.2. The number of amides is 3. The molecule has 0 radical (unpaired) electrons. The van der Waals surface area contributed by atoms with Crippen LogP contribution in [0.2, 0.25) is 0 Å². The van der Waals surface area contributed by atoms with E-state index in [4.69, 9.17) is 9.82 Å². The molecule has 4 aromatic rings. The van der Waals surface area contributed by atoms with Gasteiger partial charge in [-0.2, -0.15) is 0 Å². The number of nitrogens with zero attached hydrogens (tertiary/aromatic N) is 2. The number of anilines is 1. The van der Waals surface area contributed by atoms with Crippen LogP contribution in [0.1, 0.15) is 64.9 Å². The van der Waals surface area contributed by atoms with Gasteiger partial charge >= 0.3 is 0 Å². The van der Waals surface area contributed by atoms with Gasteiger partial charge in [-0.05, 0) is 65.8 Å². The lowest BCUT2D eigenvalue weighted by atomic mass is 9.84. The molecule has 0 aliphatic heterocycles. The lowest BCUT2D eigenvalue weighted by molar-refractivity contribution is -0.140. The normalized spacial score (nSPS) is 14.9. The predicted molar refractivity (Wildman–Crippen MR) is 180 cm³/mol. The number of hydrogen-bond acceptors (Lipinski definition) is 5. The second-order valence-electron chi connectivity index (χ2n) is 13.6. The number of hydrogen-bond donors (Lipinski definition) is 3. The van der Waals surface area contributed by atoms with Crippen LogP contribution in [0.15, 0.2) is 72.8 Å². The average Bonchev–Trinajstić information content (AvgIpc) is 3.67. The Labute approximate surface area is 275 Å². The SMILES string of the molecule is Cn1c(-c2ccc(F)cc2)nc2cc(NC(=O)[C@@H](NC(=O)[C@@H](CC(=O)NOCc3ccccc3)CC3CCCC3)C(C)(C)C)ccc21. The molecule has 3 amide bonds. The van der Waals surface area contributed by atoms with Crippen LogP contribution in [-0.2, 0) is 32.9 Å². The van der Waals surface area contributed by atoms with Crippen molar-refractivity contribution >= 4 is 34.4 Å². The van der Waals surface area contributed by atoms with E-state index in [1.807, 2.05) is 68.8 Å². The Morgan fingerprint density at radius 2 is 1.68 bits per heavy atom. The first-order valence-electron chi connectivity index (χ1n) is 16.3. The number of carbonyl (C=O) groups excluding carboxylic acids is 3. The monoisotopic (exact) mass is 641 g/mol. The minimum atomic E-state index is -0.868. The summed E-state index contributed by atoms with van der Waals surface area (Å²) in [4.78, 5) is 50.6. The summed E-state index contributed by atoms with van der Waals surface area (Å²) in [6.45, 7) is 5.90. The van der Waals surface area contributed by atoms with E-state index in [2.05, 4.69) is 16.1 Å². The molecule has 1 saturated carbocycles. The highest BCUT2D eigenvalue weighted by atomic mass is 19.1. The van der Waals surface area contributed by atoms with Gasteiger partial charge in [0.15, 0.2) is 0 Å². The van der Waals surface area contributed by atoms with Crippen LogP contribution in [0, 0.1) is 23.1 Å². The van der Waals surface area contributed by atoms with Gasteiger partial charge in [0.25, 0.3) is 0 Å². The van der Waals surface area contributed by atoms with Gasteiger partial charge in [-0.25, -0.2) is 14.9 Å². The smallest absolute Gasteiger partial charge is 0.247 e. The lowest BCUT2D eigenvalue weighted by Crippen LogP contribution is -2.53. The molecule has 3 aromatic carbocycles. The van der Waals surface area contributed by atoms with Crippen molar-refractivity contribution in [3.05, 3.63) is 84.2 Å². The molecule has 2 atom stereocenters. The Bertz CT molecular complexity index is 1690. The van der Waals surface area contributed by atoms with Crippen LogP contribution in [0.25, 0.3) is 22.4 Å². The average molecular weight is 642 g/mol. The van der Waals surface area contributed by atoms with Crippen LogP contribution in [0.3, 0.4) is 0 Å². The summed E-state index contributed by atoms with van der Waals surface area (Å²) in [5.74, 6) is -0.963. The molecule has 1 fully saturated rings. The summed E-state index contributed by atoms with van der Waals surface area (Å²) >= 11 is 0. The fourth-order valence-corrected chi connectivity index (χ4v) is 6.26. The van der Waals surface area contributed by atoms with Crippen molar-refractivity contribution in [3.8, 4) is 11.4 Å². The maximum absolute atomic E-state index is 13.8. The van der Waals surface area contributed by atoms with Crippen molar-refractivity contribution in [1.29, 1.82) is 0 Å². The summed E-state index contributed by atoms with van der Waals surface area (Å²) in [5.41, 5.74) is 5.61. The largest absolute Gasteiger partial charge is 0.344 e. The fraction of sp³-hybridized carbons (Fsp3) is 0.405. The lowest BCUT2D eigenvalue weighted by Gasteiger charge is -2.32. The summed E-state index contributed by atoms with van der Waals surface area (Å²) in [6.07, 6.45) is 4.82. The topological polar surface area (TPSA) is 114 Å². The Kier molecular flexibility index (Phi) is 10.7. The number of aromatic nitrogens is 2. The van der Waals surface area contributed by atoms with Crippen molar-refractivity contribution in [3.63, 3.8) is 0 Å². The van der Waals surface area contributed by atoms with E-state index in [9.17, 15) is 18.8 Å². The van der Waals surface area contributed by atoms with Gasteiger partial charge in [0.05, 0.1) is 17.6 Å². The van der Waals surface area contributed by atoms with Crippen LogP contribution in [-0.4, -0.2) is 33.3 Å². The van der Waals surface area contributed by atoms with E-state index < -0.39 is 17.4 Å². The number of rotatable bonds is 12. The highest BCUT2D eigenvalue weighted by Crippen LogP contribution is 2.32. The molecule has 1 aromatic heterocycles. The van der Waals surface area contributed by atoms with E-state index in [0.29, 0.717) is 29.4 Å². The van der Waals surface area contributed by atoms with Crippen molar-refractivity contribution < 1.29 is 23.6 Å². The maximum Gasteiger partial charge on any atom is 0.247 e. The van der Waals surface area contributed by atoms with Crippen LogP contribution in [0.5, 0.6) is 0 Å². The molecule has 10 heteroatoms. The van der Waals surface area contributed by atoms with Crippen molar-refractivity contribution in [1.82, 2.24) is 20.3 Å². The highest BCUT2D eigenvalue weighted by molar-refractivity contribution is 5.99. The van der Waals surface area contributed by atoms with Gasteiger partial charge in [-0.1, -0.05) is 76.8 Å². The summed E-state index contributed by atoms with van der Waals surface area (Å²) in [5, 5.41) is 5.96. The van der Waals surface area contributed by atoms with Gasteiger partial charge in [0, 0.05) is 30.6 Å². The van der Waals surface area contributed by atoms with Gasteiger partial charge in [0.2, 0.25) is 17.7 Å². The van der Waals surface area contributed by atoms with E-state index in [1.54, 1.807) is 24.3 Å². The van der Waals surface area contributed by atoms with Crippen LogP contribution >= 0.6 is 0 Å². The molecular weight excluding hydrogens is 597 g/mol. The Hall–Kier alpha value is -4.57. The molecule has 0 unspecified atom stereocenters. The minimum Gasteiger partial charge on any atom is -0.344 e. The molecule has 47 heavy (non-hydrogen) atoms. The second-order valence-corrected chi connectivity index (χ2v) is 13.6. The number of imidazole rings is 1. The molecule has 3 N–H and O–H groups in total. The van der Waals surface area contributed by atoms with E-state index in [0.717, 1.165) is 42.3 Å². The third kappa shape index (κ3) is 8.83. The Balaban J connectivity index is 1.27. The number of nitrogens with one attached hydrogen (secondary N) is 3. The van der Waals surface area contributed by atoms with Crippen molar-refractivity contribution in [2.45, 2.75) is 71.9 Å². The summed E-state index contributed by atoms with van der Waals surface area (Å²) < 4.78 is 15.4. The molecule has 0 spiro atoms. The Morgan fingerprint density at radius 3 is 2.36 bits per heavy atom. The zero-order chi connectivity index (χ0) is 33.6. The second kappa shape index (κ2) is 14.9. The quantitative estimate of drug-likeness (QED) is 0.149. The number of aryl methyl sites for hydroxylation is 1. The third-order valence-electron chi connectivity index (χ3n) is 8.83. The van der Waals surface area contributed by atoms with Crippen molar-refractivity contribution in [2.24, 2.45) is 24.3 Å². The van der Waals surface area contributed by atoms with E-state index >= 15 is 0 Å². The standard InChI is InChI=1S/C37H44FN5O4/c1-37(2,3)33(36(46)39-29-18-19-31-30(22-29)40-34(43(31)4)26-14-16-28(38)17-15-26)41-35(45)27(20-24-10-8-9-11-24)21-32(44)42-47-23-25-12-6-5-7-13-25/h5-7,12-19,22,24,27,33H,8-11,20-21,23H2,1-4H3,(H,39,46)(H,41,45)(H,42,44)/t27-,33-/m1/s1. The first kappa shape index (κ1) is 33.8. The van der Waals surface area contributed by atoms with Crippen molar-refractivity contribution in [2.75, 3.05) is 5.32 Å². The first-order valence-corrected chi connectivity index (χ1v) is 16.3. The molecule has 1 aliphatic rings. The molecule has 9 nitrogen and oxygen atoms in total. The highest BCUT2D eigenvalue weighted by Gasteiger charge is 2.36. The summed E-state index contributed by atoms with van der Waals surface area (Å²) in [7, 11) is 1.88. The molecule has 1 heterocycles. The van der Waals surface area contributed by atoms with Gasteiger partial charge in [-0.15, -0.1) is 0 Å². The molecule has 0 saturated heterocycles. The molecule has 1 aliphatic carbocycles. The number of hydroxylamine groups is 1. The molecular formula is C37H44FN5O4. The number of benzene rings is 3. The third-order valence-corrected chi connectivity index (χ3v) is 8.83. The fourth-order valence-electron chi connectivity index (χ4n) is 6.26. The molecule has 0 bridgehead atoms. The number of halogens is 1. The minimum absolute atomic E-state index is 0.0393. The molecule has 248 valence electrons. The van der Waals surface area contributed by atoms with Crippen LogP contribution in [0.4, 0.5) is 10.1 Å². The zero-order valence-electron chi connectivity index (χ0n) is 27.5. The van der Waals surface area contributed by atoms with E-state index in [-0.39, 0.29) is 36.6 Å². The van der Waals surface area contributed by atoms with Gasteiger partial charge < -0.3 is 15.2 Å². The maximum atomic E-state index is 13.8. The van der Waals surface area contributed by atoms with E-state index in [1.165, 1.54) is 12.1 Å². The molecule has 5 rings (SSSR count). The zero-order valence-corrected chi connectivity index (χ0v) is 27.5. The number of fused-ring (bicyclic) bond motifs is 1. The predicted octanol–water partition coefficient (Wildman–Crippen LogP) is 6.68. The van der Waals surface area contributed by atoms with Gasteiger partial charge in [0.1, 0.15) is 17.7 Å². The number of carbonyl (C=O) groups is 3.